The second kappa shape index (κ2) is 5.12. The Balaban J connectivity index is 2.18. The number of carbonyl (C=O) groups excluding carboxylic acids is 1. The minimum absolute atomic E-state index is 0.0933. The van der Waals surface area contributed by atoms with Crippen molar-refractivity contribution in [2.45, 2.75) is 0 Å². The fourth-order valence-electron chi connectivity index (χ4n) is 1.18. The highest BCUT2D eigenvalue weighted by molar-refractivity contribution is 9.11. The number of nitrogens with one attached hydrogen (secondary N) is 1. The highest BCUT2D eigenvalue weighted by Crippen LogP contribution is 2.26. The van der Waals surface area contributed by atoms with Gasteiger partial charge in [0.2, 0.25) is 0 Å². The third-order valence-electron chi connectivity index (χ3n) is 1.96. The Kier molecular flexibility index (Phi) is 3.78. The number of thiophene rings is 1. The number of halogens is 2. The van der Waals surface area contributed by atoms with Crippen LogP contribution in [0.1, 0.15) is 10.4 Å². The van der Waals surface area contributed by atoms with Crippen LogP contribution in [0.5, 0.6) is 0 Å². The summed E-state index contributed by atoms with van der Waals surface area (Å²) in [5, 5.41) is 6.54. The van der Waals surface area contributed by atoms with Gasteiger partial charge in [0.05, 0.1) is 11.3 Å². The van der Waals surface area contributed by atoms with Crippen molar-refractivity contribution in [3.63, 3.8) is 0 Å². The quantitative estimate of drug-likeness (QED) is 0.837. The second-order valence-electron chi connectivity index (χ2n) is 3.09. The van der Waals surface area contributed by atoms with E-state index in [1.807, 2.05) is 29.0 Å². The molecule has 2 nitrogen and oxygen atoms in total. The topological polar surface area (TPSA) is 29.1 Å². The smallest absolute Gasteiger partial charge is 0.256 e. The number of rotatable bonds is 2. The largest absolute Gasteiger partial charge is 0.321 e. The zero-order valence-electron chi connectivity index (χ0n) is 8.04. The van der Waals surface area contributed by atoms with Crippen LogP contribution in [0, 0.1) is 0 Å². The van der Waals surface area contributed by atoms with E-state index in [1.165, 1.54) is 11.3 Å². The zero-order chi connectivity index (χ0) is 11.5. The SMILES string of the molecule is O=C(Nc1ccc(Br)cc1Br)c1ccsc1. The van der Waals surface area contributed by atoms with Crippen LogP contribution in [0.15, 0.2) is 44.0 Å². The summed E-state index contributed by atoms with van der Waals surface area (Å²) in [7, 11) is 0. The van der Waals surface area contributed by atoms with Gasteiger partial charge in [-0.2, -0.15) is 11.3 Å². The van der Waals surface area contributed by atoms with E-state index in [0.29, 0.717) is 5.56 Å². The van der Waals surface area contributed by atoms with Gasteiger partial charge >= 0.3 is 0 Å². The van der Waals surface area contributed by atoms with Crippen LogP contribution in [0.4, 0.5) is 5.69 Å². The second-order valence-corrected chi connectivity index (χ2v) is 5.64. The maximum absolute atomic E-state index is 11.8. The number of hydrogen-bond donors (Lipinski definition) is 1. The summed E-state index contributed by atoms with van der Waals surface area (Å²) in [6, 6.07) is 7.42. The van der Waals surface area contributed by atoms with E-state index in [0.717, 1.165) is 14.6 Å². The first-order valence-electron chi connectivity index (χ1n) is 4.45. The van der Waals surface area contributed by atoms with Crippen molar-refractivity contribution in [3.05, 3.63) is 49.5 Å². The highest BCUT2D eigenvalue weighted by atomic mass is 79.9. The third-order valence-corrected chi connectivity index (χ3v) is 3.80. The molecule has 0 saturated heterocycles. The van der Waals surface area contributed by atoms with E-state index in [-0.39, 0.29) is 5.91 Å². The average molecular weight is 361 g/mol. The lowest BCUT2D eigenvalue weighted by Crippen LogP contribution is -2.11. The molecule has 0 aliphatic rings. The molecule has 1 amide bonds. The van der Waals surface area contributed by atoms with Gasteiger partial charge in [-0.1, -0.05) is 15.9 Å². The molecule has 5 heteroatoms. The molecular weight excluding hydrogens is 354 g/mol. The Hall–Kier alpha value is -0.650. The summed E-state index contributed by atoms with van der Waals surface area (Å²) in [4.78, 5) is 11.8. The highest BCUT2D eigenvalue weighted by Gasteiger charge is 2.08. The Labute approximate surface area is 114 Å². The van der Waals surface area contributed by atoms with Crippen LogP contribution >= 0.6 is 43.2 Å². The lowest BCUT2D eigenvalue weighted by molar-refractivity contribution is 0.102. The molecule has 2 rings (SSSR count). The molecule has 0 atom stereocenters. The molecule has 82 valence electrons. The van der Waals surface area contributed by atoms with Crippen LogP contribution in [0.3, 0.4) is 0 Å². The van der Waals surface area contributed by atoms with Crippen LogP contribution in [-0.4, -0.2) is 5.91 Å². The summed E-state index contributed by atoms with van der Waals surface area (Å²) < 4.78 is 1.82. The van der Waals surface area contributed by atoms with Crippen molar-refractivity contribution in [2.24, 2.45) is 0 Å². The van der Waals surface area contributed by atoms with Crippen molar-refractivity contribution in [1.29, 1.82) is 0 Å². The fraction of sp³-hybridized carbons (Fsp3) is 0. The molecule has 0 spiro atoms. The molecule has 0 saturated carbocycles. The summed E-state index contributed by atoms with van der Waals surface area (Å²) in [5.74, 6) is -0.0933. The van der Waals surface area contributed by atoms with E-state index in [4.69, 9.17) is 0 Å². The van der Waals surface area contributed by atoms with Crippen molar-refractivity contribution < 1.29 is 4.79 Å². The maximum Gasteiger partial charge on any atom is 0.256 e. The van der Waals surface area contributed by atoms with Crippen molar-refractivity contribution in [2.75, 3.05) is 5.32 Å². The molecular formula is C11H7Br2NOS. The van der Waals surface area contributed by atoms with Gasteiger partial charge in [0, 0.05) is 14.3 Å². The molecule has 0 bridgehead atoms. The summed E-state index contributed by atoms with van der Waals surface area (Å²) >= 11 is 8.26. The number of anilines is 1. The standard InChI is InChI=1S/C11H7Br2NOS/c12-8-1-2-10(9(13)5-8)14-11(15)7-3-4-16-6-7/h1-6H,(H,14,15). The lowest BCUT2D eigenvalue weighted by atomic mass is 10.3. The number of carbonyl (C=O) groups is 1. The first-order chi connectivity index (χ1) is 7.66. The Morgan fingerprint density at radius 3 is 2.69 bits per heavy atom. The summed E-state index contributed by atoms with van der Waals surface area (Å²) in [6.07, 6.45) is 0. The molecule has 1 aromatic heterocycles. The van der Waals surface area contributed by atoms with Gasteiger partial charge in [-0.3, -0.25) is 4.79 Å². The van der Waals surface area contributed by atoms with E-state index in [9.17, 15) is 4.79 Å². The van der Waals surface area contributed by atoms with Gasteiger partial charge in [0.25, 0.3) is 5.91 Å². The fourth-order valence-corrected chi connectivity index (χ4v) is 2.96. The first-order valence-corrected chi connectivity index (χ1v) is 6.98. The summed E-state index contributed by atoms with van der Waals surface area (Å²) in [5.41, 5.74) is 1.44. The number of benzene rings is 1. The van der Waals surface area contributed by atoms with E-state index < -0.39 is 0 Å². The Morgan fingerprint density at radius 2 is 2.06 bits per heavy atom. The molecule has 0 unspecified atom stereocenters. The van der Waals surface area contributed by atoms with Crippen molar-refractivity contribution >= 4 is 54.8 Å². The van der Waals surface area contributed by atoms with Gasteiger partial charge in [-0.05, 0) is 45.6 Å². The van der Waals surface area contributed by atoms with Crippen LogP contribution in [-0.2, 0) is 0 Å². The third kappa shape index (κ3) is 2.72. The normalized spacial score (nSPS) is 10.1. The van der Waals surface area contributed by atoms with Gasteiger partial charge in [-0.15, -0.1) is 0 Å². The summed E-state index contributed by atoms with van der Waals surface area (Å²) in [6.45, 7) is 0. The van der Waals surface area contributed by atoms with Crippen LogP contribution in [0.2, 0.25) is 0 Å². The van der Waals surface area contributed by atoms with Gasteiger partial charge in [-0.25, -0.2) is 0 Å². The minimum Gasteiger partial charge on any atom is -0.321 e. The van der Waals surface area contributed by atoms with Crippen molar-refractivity contribution in [1.82, 2.24) is 0 Å². The maximum atomic E-state index is 11.8. The molecule has 16 heavy (non-hydrogen) atoms. The van der Waals surface area contributed by atoms with E-state index in [1.54, 1.807) is 6.07 Å². The predicted molar refractivity (Wildman–Crippen MR) is 74.1 cm³/mol. The Bertz CT molecular complexity index is 511. The average Bonchev–Trinajstić information content (AvgIpc) is 2.75. The minimum atomic E-state index is -0.0933. The molecule has 1 heterocycles. The molecule has 0 radical (unpaired) electrons. The molecule has 1 aromatic carbocycles. The number of hydrogen-bond acceptors (Lipinski definition) is 2. The molecule has 0 aliphatic carbocycles. The van der Waals surface area contributed by atoms with Gasteiger partial charge in [0.15, 0.2) is 0 Å². The van der Waals surface area contributed by atoms with E-state index >= 15 is 0 Å². The van der Waals surface area contributed by atoms with Gasteiger partial charge in [0.1, 0.15) is 0 Å². The molecule has 1 N–H and O–H groups in total. The Morgan fingerprint density at radius 1 is 1.25 bits per heavy atom. The monoisotopic (exact) mass is 359 g/mol. The number of amides is 1. The van der Waals surface area contributed by atoms with Crippen LogP contribution < -0.4 is 5.32 Å². The predicted octanol–water partition coefficient (Wildman–Crippen LogP) is 4.53. The van der Waals surface area contributed by atoms with E-state index in [2.05, 4.69) is 37.2 Å². The first kappa shape index (κ1) is 11.8. The molecule has 2 aromatic rings. The van der Waals surface area contributed by atoms with Crippen LogP contribution in [0.25, 0.3) is 0 Å². The molecule has 0 aliphatic heterocycles. The van der Waals surface area contributed by atoms with Gasteiger partial charge < -0.3 is 5.32 Å². The lowest BCUT2D eigenvalue weighted by Gasteiger charge is -2.06. The molecule has 0 fully saturated rings. The van der Waals surface area contributed by atoms with Crippen molar-refractivity contribution in [3.8, 4) is 0 Å². The zero-order valence-corrected chi connectivity index (χ0v) is 12.0.